The standard InChI is InChI=1S/C29H31Cl2FN2O4/c30-17-6-9-20-22(15-17)33-27(37)29(20)24(19-2-1-3-21(31)25(19)32)26(34-28(29)10-12-38-13-11-28)23(36)14-16-4-7-18(35)8-5-16/h1-3,6,9,15-16,18,24,26,34-35H,4-5,7-8,10-14H2,(H,33,37)/t16?,18?,24-,26-,29+/m0/s1. The van der Waals surface area contributed by atoms with Gasteiger partial charge in [0, 0.05) is 41.8 Å². The summed E-state index contributed by atoms with van der Waals surface area (Å²) in [6.45, 7) is 0.828. The molecule has 2 aromatic rings. The van der Waals surface area contributed by atoms with Gasteiger partial charge in [-0.2, -0.15) is 0 Å². The highest BCUT2D eigenvalue weighted by molar-refractivity contribution is 6.31. The van der Waals surface area contributed by atoms with Crippen LogP contribution in [0.5, 0.6) is 0 Å². The van der Waals surface area contributed by atoms with Crippen molar-refractivity contribution < 1.29 is 23.8 Å². The number of aliphatic hydroxyl groups excluding tert-OH is 1. The zero-order chi connectivity index (χ0) is 26.7. The Balaban J connectivity index is 1.53. The van der Waals surface area contributed by atoms with Crippen LogP contribution in [0.1, 0.15) is 62.0 Å². The van der Waals surface area contributed by atoms with E-state index >= 15 is 4.39 Å². The quantitative estimate of drug-likeness (QED) is 0.482. The maximum Gasteiger partial charge on any atom is 0.237 e. The van der Waals surface area contributed by atoms with Gasteiger partial charge >= 0.3 is 0 Å². The first-order valence-electron chi connectivity index (χ1n) is 13.4. The number of ketones is 1. The van der Waals surface area contributed by atoms with Crippen molar-refractivity contribution in [2.45, 2.75) is 74.0 Å². The third-order valence-electron chi connectivity index (χ3n) is 9.32. The van der Waals surface area contributed by atoms with Crippen LogP contribution >= 0.6 is 23.2 Å². The van der Waals surface area contributed by atoms with Gasteiger partial charge in [-0.3, -0.25) is 14.9 Å². The minimum absolute atomic E-state index is 0.0475. The fourth-order valence-electron chi connectivity index (χ4n) is 7.59. The van der Waals surface area contributed by atoms with Crippen molar-refractivity contribution in [2.24, 2.45) is 5.92 Å². The van der Waals surface area contributed by atoms with Crippen LogP contribution in [-0.2, 0) is 19.7 Å². The number of hydrogen-bond donors (Lipinski definition) is 3. The minimum atomic E-state index is -1.27. The van der Waals surface area contributed by atoms with Gasteiger partial charge in [0.25, 0.3) is 0 Å². The van der Waals surface area contributed by atoms with Gasteiger partial charge in [0.1, 0.15) is 11.2 Å². The lowest BCUT2D eigenvalue weighted by molar-refractivity contribution is -0.125. The Hall–Kier alpha value is -2.03. The molecule has 0 unspecified atom stereocenters. The Labute approximate surface area is 231 Å². The molecule has 2 aromatic carbocycles. The van der Waals surface area contributed by atoms with E-state index in [1.165, 1.54) is 6.07 Å². The minimum Gasteiger partial charge on any atom is -0.393 e. The third-order valence-corrected chi connectivity index (χ3v) is 9.84. The fourth-order valence-corrected chi connectivity index (χ4v) is 7.95. The predicted molar refractivity (Wildman–Crippen MR) is 143 cm³/mol. The highest BCUT2D eigenvalue weighted by atomic mass is 35.5. The zero-order valence-corrected chi connectivity index (χ0v) is 22.5. The molecule has 6 rings (SSSR count). The summed E-state index contributed by atoms with van der Waals surface area (Å²) in [5.74, 6) is -1.62. The number of Topliss-reactive ketones (excluding diaryl/α,β-unsaturated/α-hetero) is 1. The van der Waals surface area contributed by atoms with Crippen LogP contribution in [0.3, 0.4) is 0 Å². The van der Waals surface area contributed by atoms with Gasteiger partial charge in [-0.15, -0.1) is 0 Å². The van der Waals surface area contributed by atoms with Crippen molar-refractivity contribution >= 4 is 40.6 Å². The van der Waals surface area contributed by atoms with Gasteiger partial charge in [-0.25, -0.2) is 4.39 Å². The summed E-state index contributed by atoms with van der Waals surface area (Å²) in [4.78, 5) is 28.4. The van der Waals surface area contributed by atoms with E-state index in [4.69, 9.17) is 27.9 Å². The number of fused-ring (bicyclic) bond motifs is 3. The molecular weight excluding hydrogens is 530 g/mol. The number of ether oxygens (including phenoxy) is 1. The second-order valence-corrected chi connectivity index (χ2v) is 12.1. The van der Waals surface area contributed by atoms with E-state index in [1.807, 2.05) is 6.07 Å². The summed E-state index contributed by atoms with van der Waals surface area (Å²) >= 11 is 12.6. The first-order chi connectivity index (χ1) is 18.3. The molecule has 38 heavy (non-hydrogen) atoms. The topological polar surface area (TPSA) is 87.7 Å². The van der Waals surface area contributed by atoms with Crippen LogP contribution in [0, 0.1) is 11.7 Å². The second-order valence-electron chi connectivity index (χ2n) is 11.2. The second kappa shape index (κ2) is 9.86. The van der Waals surface area contributed by atoms with Crippen molar-refractivity contribution in [1.29, 1.82) is 0 Å². The van der Waals surface area contributed by atoms with E-state index in [0.29, 0.717) is 61.6 Å². The Kier molecular flexibility index (Phi) is 6.80. The van der Waals surface area contributed by atoms with Crippen molar-refractivity contribution in [3.63, 3.8) is 0 Å². The molecule has 1 saturated carbocycles. The number of anilines is 1. The maximum atomic E-state index is 15.9. The highest BCUT2D eigenvalue weighted by Crippen LogP contribution is 2.62. The third kappa shape index (κ3) is 3.93. The van der Waals surface area contributed by atoms with Crippen LogP contribution in [0.4, 0.5) is 10.1 Å². The van der Waals surface area contributed by atoms with Gasteiger partial charge in [0.05, 0.1) is 17.2 Å². The number of halogens is 3. The molecule has 2 spiro atoms. The Morgan fingerprint density at radius 3 is 2.58 bits per heavy atom. The van der Waals surface area contributed by atoms with Crippen molar-refractivity contribution in [3.05, 3.63) is 63.4 Å². The van der Waals surface area contributed by atoms with Crippen molar-refractivity contribution in [3.8, 4) is 0 Å². The summed E-state index contributed by atoms with van der Waals surface area (Å²) in [6, 6.07) is 9.27. The molecule has 9 heteroatoms. The predicted octanol–water partition coefficient (Wildman–Crippen LogP) is 5.14. The maximum absolute atomic E-state index is 15.9. The van der Waals surface area contributed by atoms with Crippen LogP contribution < -0.4 is 10.6 Å². The van der Waals surface area contributed by atoms with Gasteiger partial charge in [-0.1, -0.05) is 41.4 Å². The summed E-state index contributed by atoms with van der Waals surface area (Å²) < 4.78 is 21.6. The molecule has 4 aliphatic rings. The van der Waals surface area contributed by atoms with Gasteiger partial charge in [0.15, 0.2) is 5.78 Å². The van der Waals surface area contributed by atoms with E-state index in [2.05, 4.69) is 10.6 Å². The largest absolute Gasteiger partial charge is 0.393 e. The molecule has 0 bridgehead atoms. The average Bonchev–Trinajstić information content (AvgIpc) is 3.35. The van der Waals surface area contributed by atoms with Gasteiger partial charge in [-0.05, 0) is 73.8 Å². The monoisotopic (exact) mass is 560 g/mol. The van der Waals surface area contributed by atoms with Crippen LogP contribution in [-0.4, -0.2) is 47.7 Å². The number of benzene rings is 2. The summed E-state index contributed by atoms with van der Waals surface area (Å²) in [5, 5.41) is 17.0. The summed E-state index contributed by atoms with van der Waals surface area (Å²) in [7, 11) is 0. The first-order valence-corrected chi connectivity index (χ1v) is 14.1. The van der Waals surface area contributed by atoms with E-state index in [9.17, 15) is 14.7 Å². The SMILES string of the molecule is O=C(CC1CCC(O)CC1)[C@@H]1NC2(CCOCC2)[C@@]2(C(=O)Nc3cc(Cl)ccc32)[C@H]1c1cccc(Cl)c1F. The molecule has 2 saturated heterocycles. The Morgan fingerprint density at radius 1 is 1.11 bits per heavy atom. The Bertz CT molecular complexity index is 1280. The first kappa shape index (κ1) is 26.2. The number of rotatable bonds is 4. The molecule has 0 aromatic heterocycles. The molecule has 202 valence electrons. The van der Waals surface area contributed by atoms with E-state index < -0.39 is 28.7 Å². The van der Waals surface area contributed by atoms with E-state index in [-0.39, 0.29) is 34.3 Å². The number of hydrogen-bond acceptors (Lipinski definition) is 5. The number of amides is 1. The molecule has 1 aliphatic carbocycles. The lowest BCUT2D eigenvalue weighted by Crippen LogP contribution is -2.61. The lowest BCUT2D eigenvalue weighted by atomic mass is 9.56. The zero-order valence-electron chi connectivity index (χ0n) is 20.9. The number of carbonyl (C=O) groups is 2. The summed E-state index contributed by atoms with van der Waals surface area (Å²) in [6.07, 6.45) is 3.83. The Morgan fingerprint density at radius 2 is 1.84 bits per heavy atom. The van der Waals surface area contributed by atoms with Gasteiger partial charge in [0.2, 0.25) is 5.91 Å². The molecule has 3 N–H and O–H groups in total. The van der Waals surface area contributed by atoms with Crippen molar-refractivity contribution in [2.75, 3.05) is 18.5 Å². The molecule has 3 aliphatic heterocycles. The van der Waals surface area contributed by atoms with Crippen LogP contribution in [0.2, 0.25) is 10.0 Å². The summed E-state index contributed by atoms with van der Waals surface area (Å²) in [5.41, 5.74) is -0.565. The molecule has 0 radical (unpaired) electrons. The van der Waals surface area contributed by atoms with Crippen LogP contribution in [0.25, 0.3) is 0 Å². The lowest BCUT2D eigenvalue weighted by Gasteiger charge is -2.46. The van der Waals surface area contributed by atoms with Crippen LogP contribution in [0.15, 0.2) is 36.4 Å². The molecule has 1 amide bonds. The molecular formula is C29H31Cl2FN2O4. The van der Waals surface area contributed by atoms with Gasteiger partial charge < -0.3 is 15.2 Å². The van der Waals surface area contributed by atoms with E-state index in [0.717, 1.165) is 12.8 Å². The number of nitrogens with one attached hydrogen (secondary N) is 2. The molecule has 6 nitrogen and oxygen atoms in total. The average molecular weight is 561 g/mol. The van der Waals surface area contributed by atoms with Crippen molar-refractivity contribution in [1.82, 2.24) is 5.32 Å². The number of aliphatic hydroxyl groups is 1. The van der Waals surface area contributed by atoms with E-state index in [1.54, 1.807) is 24.3 Å². The fraction of sp³-hybridized carbons (Fsp3) is 0.517. The molecule has 3 atom stereocenters. The highest BCUT2D eigenvalue weighted by Gasteiger charge is 2.72. The molecule has 3 fully saturated rings. The number of carbonyl (C=O) groups excluding carboxylic acids is 2. The smallest absolute Gasteiger partial charge is 0.237 e. The molecule has 3 heterocycles. The normalized spacial score (nSPS) is 31.9.